The molecule has 4 aliphatic carbocycles. The first-order chi connectivity index (χ1) is 10.5. The van der Waals surface area contributed by atoms with E-state index in [9.17, 15) is 5.11 Å². The third kappa shape index (κ3) is 1.91. The molecule has 2 N–H and O–H groups in total. The van der Waals surface area contributed by atoms with Gasteiger partial charge >= 0.3 is 0 Å². The zero-order valence-corrected chi connectivity index (χ0v) is 13.6. The van der Waals surface area contributed by atoms with Gasteiger partial charge < -0.3 is 10.4 Å². The van der Waals surface area contributed by atoms with Crippen molar-refractivity contribution in [3.05, 3.63) is 17.3 Å². The van der Waals surface area contributed by atoms with Crippen LogP contribution in [0.2, 0.25) is 0 Å². The minimum Gasteiger partial charge on any atom is -0.390 e. The molecule has 2 heterocycles. The van der Waals surface area contributed by atoms with Gasteiger partial charge in [0.25, 0.3) is 0 Å². The van der Waals surface area contributed by atoms with Crippen LogP contribution in [-0.2, 0) is 0 Å². The van der Waals surface area contributed by atoms with Crippen molar-refractivity contribution in [1.82, 2.24) is 9.97 Å². The quantitative estimate of drug-likeness (QED) is 0.890. The highest BCUT2D eigenvalue weighted by Gasteiger charge is 2.57. The Morgan fingerprint density at radius 2 is 2.00 bits per heavy atom. The predicted molar refractivity (Wildman–Crippen MR) is 88.1 cm³/mol. The smallest absolute Gasteiger partial charge is 0.138 e. The number of hydrogen-bond acceptors (Lipinski definition) is 5. The fourth-order valence-electron chi connectivity index (χ4n) is 5.67. The summed E-state index contributed by atoms with van der Waals surface area (Å²) in [6.07, 6.45) is 6.55. The summed E-state index contributed by atoms with van der Waals surface area (Å²) in [5, 5.41) is 17.9. The topological polar surface area (TPSA) is 58.0 Å². The van der Waals surface area contributed by atoms with Crippen LogP contribution in [0.25, 0.3) is 10.2 Å². The SMILES string of the molecule is Cc1nc(NC23CC4CC(CC(O)(C4)C2)C3)c2ccsc2n1. The van der Waals surface area contributed by atoms with Crippen LogP contribution >= 0.6 is 11.3 Å². The molecule has 2 aromatic rings. The van der Waals surface area contributed by atoms with E-state index >= 15 is 0 Å². The zero-order valence-electron chi connectivity index (χ0n) is 12.8. The van der Waals surface area contributed by atoms with Crippen molar-refractivity contribution in [3.63, 3.8) is 0 Å². The highest BCUT2D eigenvalue weighted by molar-refractivity contribution is 7.16. The first-order valence-electron chi connectivity index (χ1n) is 8.25. The highest BCUT2D eigenvalue weighted by atomic mass is 32.1. The first kappa shape index (κ1) is 13.3. The number of aliphatic hydroxyl groups is 1. The third-order valence-corrected chi connectivity index (χ3v) is 6.66. The molecule has 6 rings (SSSR count). The summed E-state index contributed by atoms with van der Waals surface area (Å²) in [5.74, 6) is 3.15. The second-order valence-electron chi connectivity index (χ2n) is 7.85. The molecule has 0 spiro atoms. The molecule has 0 aromatic carbocycles. The number of rotatable bonds is 2. The van der Waals surface area contributed by atoms with Crippen molar-refractivity contribution in [2.24, 2.45) is 11.8 Å². The molecule has 116 valence electrons. The van der Waals surface area contributed by atoms with Gasteiger partial charge in [-0.3, -0.25) is 0 Å². The lowest BCUT2D eigenvalue weighted by atomic mass is 9.51. The zero-order chi connectivity index (χ0) is 14.9. The molecule has 2 unspecified atom stereocenters. The number of fused-ring (bicyclic) bond motifs is 1. The average Bonchev–Trinajstić information content (AvgIpc) is 2.83. The lowest BCUT2D eigenvalue weighted by Crippen LogP contribution is -2.62. The van der Waals surface area contributed by atoms with Crippen LogP contribution in [0.15, 0.2) is 11.4 Å². The van der Waals surface area contributed by atoms with Crippen LogP contribution < -0.4 is 5.32 Å². The lowest BCUT2D eigenvalue weighted by molar-refractivity contribution is -0.127. The van der Waals surface area contributed by atoms with Gasteiger partial charge in [0.1, 0.15) is 16.5 Å². The maximum Gasteiger partial charge on any atom is 0.138 e. The van der Waals surface area contributed by atoms with Gasteiger partial charge in [-0.2, -0.15) is 0 Å². The van der Waals surface area contributed by atoms with E-state index in [-0.39, 0.29) is 5.54 Å². The van der Waals surface area contributed by atoms with E-state index in [1.165, 1.54) is 19.3 Å². The average molecular weight is 315 g/mol. The highest BCUT2D eigenvalue weighted by Crippen LogP contribution is 2.58. The van der Waals surface area contributed by atoms with Crippen LogP contribution in [-0.4, -0.2) is 26.2 Å². The molecule has 2 aromatic heterocycles. The Hall–Kier alpha value is -1.20. The van der Waals surface area contributed by atoms with Gasteiger partial charge in [-0.05, 0) is 68.7 Å². The molecule has 0 aliphatic heterocycles. The minimum atomic E-state index is -0.438. The molecule has 0 radical (unpaired) electrons. The molecular formula is C17H21N3OS. The Balaban J connectivity index is 1.56. The fraction of sp³-hybridized carbons (Fsp3) is 0.647. The number of anilines is 1. The molecule has 4 nitrogen and oxygen atoms in total. The number of hydrogen-bond donors (Lipinski definition) is 2. The Morgan fingerprint density at radius 3 is 2.73 bits per heavy atom. The molecule has 4 aliphatic rings. The van der Waals surface area contributed by atoms with Gasteiger partial charge in [0, 0.05) is 5.54 Å². The summed E-state index contributed by atoms with van der Waals surface area (Å²) in [6.45, 7) is 1.96. The maximum atomic E-state index is 10.9. The number of thiophene rings is 1. The maximum absolute atomic E-state index is 10.9. The standard InChI is InChI=1S/C17H21N3OS/c1-10-18-14(13-2-3-22-15(13)19-10)20-16-5-11-4-12(6-16)8-17(21,7-11)9-16/h2-3,11-12,21H,4-9H2,1H3,(H,18,19,20). The van der Waals surface area contributed by atoms with E-state index in [0.717, 1.165) is 41.1 Å². The molecule has 5 heteroatoms. The predicted octanol–water partition coefficient (Wildman–Crippen LogP) is 3.50. The van der Waals surface area contributed by atoms with Crippen molar-refractivity contribution < 1.29 is 5.11 Å². The molecule has 0 amide bonds. The van der Waals surface area contributed by atoms with Crippen LogP contribution in [0.5, 0.6) is 0 Å². The summed E-state index contributed by atoms with van der Waals surface area (Å²) in [7, 11) is 0. The molecule has 4 saturated carbocycles. The van der Waals surface area contributed by atoms with Crippen molar-refractivity contribution >= 4 is 27.4 Å². The van der Waals surface area contributed by atoms with E-state index < -0.39 is 5.60 Å². The number of nitrogens with one attached hydrogen (secondary N) is 1. The van der Waals surface area contributed by atoms with Gasteiger partial charge in [0.15, 0.2) is 0 Å². The van der Waals surface area contributed by atoms with Gasteiger partial charge in [0.05, 0.1) is 11.0 Å². The van der Waals surface area contributed by atoms with Crippen molar-refractivity contribution in [2.45, 2.75) is 56.6 Å². The molecule has 0 saturated heterocycles. The molecule has 22 heavy (non-hydrogen) atoms. The van der Waals surface area contributed by atoms with Crippen molar-refractivity contribution in [2.75, 3.05) is 5.32 Å². The van der Waals surface area contributed by atoms with Gasteiger partial charge in [0.2, 0.25) is 0 Å². The second-order valence-corrected chi connectivity index (χ2v) is 8.74. The minimum absolute atomic E-state index is 0.0362. The van der Waals surface area contributed by atoms with Gasteiger partial charge in [-0.25, -0.2) is 9.97 Å². The van der Waals surface area contributed by atoms with Gasteiger partial charge in [-0.1, -0.05) is 0 Å². The lowest BCUT2D eigenvalue weighted by Gasteiger charge is -2.60. The largest absolute Gasteiger partial charge is 0.390 e. The van der Waals surface area contributed by atoms with E-state index in [2.05, 4.69) is 26.7 Å². The summed E-state index contributed by atoms with van der Waals surface area (Å²) >= 11 is 1.67. The number of aryl methyl sites for hydroxylation is 1. The van der Waals surface area contributed by atoms with Crippen LogP contribution in [0.4, 0.5) is 5.82 Å². The van der Waals surface area contributed by atoms with Gasteiger partial charge in [-0.15, -0.1) is 11.3 Å². The normalized spacial score (nSPS) is 39.5. The Bertz CT molecular complexity index is 741. The van der Waals surface area contributed by atoms with E-state index in [4.69, 9.17) is 0 Å². The fourth-order valence-corrected chi connectivity index (χ4v) is 6.48. The van der Waals surface area contributed by atoms with E-state index in [1.807, 2.05) is 6.92 Å². The Kier molecular flexibility index (Phi) is 2.53. The van der Waals surface area contributed by atoms with Crippen LogP contribution in [0.3, 0.4) is 0 Å². The van der Waals surface area contributed by atoms with Crippen molar-refractivity contribution in [1.29, 1.82) is 0 Å². The third-order valence-electron chi connectivity index (χ3n) is 5.85. The van der Waals surface area contributed by atoms with Crippen LogP contribution in [0.1, 0.15) is 44.3 Å². The molecule has 2 atom stereocenters. The summed E-state index contributed by atoms with van der Waals surface area (Å²) in [5.41, 5.74) is -0.401. The molecular weight excluding hydrogens is 294 g/mol. The monoisotopic (exact) mass is 315 g/mol. The van der Waals surface area contributed by atoms with Crippen LogP contribution in [0, 0.1) is 18.8 Å². The molecule has 4 bridgehead atoms. The van der Waals surface area contributed by atoms with Crippen molar-refractivity contribution in [3.8, 4) is 0 Å². The Morgan fingerprint density at radius 1 is 1.23 bits per heavy atom. The summed E-state index contributed by atoms with van der Waals surface area (Å²) in [4.78, 5) is 10.3. The van der Waals surface area contributed by atoms with E-state index in [0.29, 0.717) is 11.8 Å². The summed E-state index contributed by atoms with van der Waals surface area (Å²) < 4.78 is 0. The second kappa shape index (κ2) is 4.20. The van der Waals surface area contributed by atoms with E-state index in [1.54, 1.807) is 11.3 Å². The number of aromatic nitrogens is 2. The Labute approximate surface area is 134 Å². The first-order valence-corrected chi connectivity index (χ1v) is 9.13. The summed E-state index contributed by atoms with van der Waals surface area (Å²) in [6, 6.07) is 2.11. The molecule has 4 fully saturated rings. The number of nitrogens with zero attached hydrogens (tertiary/aromatic N) is 2.